The molecule has 2 heterocycles. The zero-order valence-electron chi connectivity index (χ0n) is 17.6. The van der Waals surface area contributed by atoms with Gasteiger partial charge in [0.1, 0.15) is 17.0 Å². The molecule has 4 rings (SSSR count). The van der Waals surface area contributed by atoms with Crippen LogP contribution < -0.4 is 4.74 Å². The van der Waals surface area contributed by atoms with Gasteiger partial charge < -0.3 is 14.3 Å². The molecule has 0 fully saturated rings. The topological polar surface area (TPSA) is 68.4 Å². The van der Waals surface area contributed by atoms with Crippen LogP contribution in [0.1, 0.15) is 19.5 Å². The molecule has 0 aliphatic heterocycles. The number of ether oxygens (including phenoxy) is 1. The number of nitrogens with zero attached hydrogens (tertiary/aromatic N) is 2. The average Bonchev–Trinajstić information content (AvgIpc) is 3.19. The van der Waals surface area contributed by atoms with Gasteiger partial charge in [0.05, 0.1) is 12.8 Å². The number of oxazole rings is 1. The first kappa shape index (κ1) is 22.0. The number of rotatable bonds is 6. The molecule has 0 spiro atoms. The van der Waals surface area contributed by atoms with Crippen molar-refractivity contribution in [2.45, 2.75) is 29.4 Å². The molecule has 0 unspecified atom stereocenters. The molecule has 0 radical (unpaired) electrons. The van der Waals surface area contributed by atoms with E-state index in [9.17, 15) is 13.9 Å². The minimum Gasteiger partial charge on any atom is -0.497 e. The van der Waals surface area contributed by atoms with Crippen molar-refractivity contribution in [2.75, 3.05) is 7.11 Å². The molecule has 0 aliphatic rings. The molecular formula is C24H20F2N2O3S. The summed E-state index contributed by atoms with van der Waals surface area (Å²) in [7, 11) is 1.59. The summed E-state index contributed by atoms with van der Waals surface area (Å²) < 4.78 is 38.3. The van der Waals surface area contributed by atoms with Gasteiger partial charge in [0, 0.05) is 22.2 Å². The van der Waals surface area contributed by atoms with Crippen molar-refractivity contribution < 1.29 is 23.0 Å². The monoisotopic (exact) mass is 454 g/mol. The smallest absolute Gasteiger partial charge is 0.228 e. The van der Waals surface area contributed by atoms with E-state index >= 15 is 0 Å². The number of benzene rings is 2. The SMILES string of the molecule is COc1ccc(Sc2oc(-c3ccc(F)c(F)c3)nc2-c2ccc(C(C)(C)O)nc2)cc1. The predicted molar refractivity (Wildman–Crippen MR) is 117 cm³/mol. The Morgan fingerprint density at radius 3 is 2.28 bits per heavy atom. The Morgan fingerprint density at radius 1 is 0.969 bits per heavy atom. The normalized spacial score (nSPS) is 11.6. The lowest BCUT2D eigenvalue weighted by Crippen LogP contribution is -2.17. The third-order valence-corrected chi connectivity index (χ3v) is 5.67. The molecule has 0 bridgehead atoms. The van der Waals surface area contributed by atoms with Crippen LogP contribution in [-0.4, -0.2) is 22.2 Å². The molecule has 0 saturated carbocycles. The van der Waals surface area contributed by atoms with E-state index < -0.39 is 17.2 Å². The molecule has 5 nitrogen and oxygen atoms in total. The van der Waals surface area contributed by atoms with E-state index in [0.29, 0.717) is 27.6 Å². The molecular weight excluding hydrogens is 434 g/mol. The maximum atomic E-state index is 13.8. The third-order valence-electron chi connectivity index (χ3n) is 4.70. The van der Waals surface area contributed by atoms with Crippen LogP contribution in [0.4, 0.5) is 8.78 Å². The zero-order chi connectivity index (χ0) is 22.9. The Bertz CT molecular complexity index is 1230. The van der Waals surface area contributed by atoms with Gasteiger partial charge >= 0.3 is 0 Å². The minimum absolute atomic E-state index is 0.154. The first-order valence-electron chi connectivity index (χ1n) is 9.72. The number of hydrogen-bond donors (Lipinski definition) is 1. The van der Waals surface area contributed by atoms with Crippen LogP contribution in [0, 0.1) is 11.6 Å². The second kappa shape index (κ2) is 8.72. The first-order valence-corrected chi connectivity index (χ1v) is 10.5. The standard InChI is InChI=1S/C24H20F2N2O3S/c1-24(2,29)20-11-5-15(13-27-20)21-23(32-17-8-6-16(30-3)7-9-17)31-22(28-21)14-4-10-18(25)19(26)12-14/h4-13,29H,1-3H3. The van der Waals surface area contributed by atoms with E-state index in [4.69, 9.17) is 9.15 Å². The van der Waals surface area contributed by atoms with Gasteiger partial charge in [-0.15, -0.1) is 0 Å². The van der Waals surface area contributed by atoms with Gasteiger partial charge in [0.25, 0.3) is 0 Å². The van der Waals surface area contributed by atoms with E-state index in [1.54, 1.807) is 39.3 Å². The Labute approximate surface area is 188 Å². The van der Waals surface area contributed by atoms with Gasteiger partial charge in [-0.25, -0.2) is 13.8 Å². The number of methoxy groups -OCH3 is 1. The number of hydrogen-bond acceptors (Lipinski definition) is 6. The Balaban J connectivity index is 1.76. The van der Waals surface area contributed by atoms with Crippen LogP contribution in [0.25, 0.3) is 22.7 Å². The highest BCUT2D eigenvalue weighted by atomic mass is 32.2. The fourth-order valence-corrected chi connectivity index (χ4v) is 3.82. The first-order chi connectivity index (χ1) is 15.2. The van der Waals surface area contributed by atoms with Crippen LogP contribution in [0.15, 0.2) is 75.2 Å². The van der Waals surface area contributed by atoms with E-state index in [0.717, 1.165) is 22.8 Å². The molecule has 1 N–H and O–H groups in total. The fourth-order valence-electron chi connectivity index (χ4n) is 2.96. The van der Waals surface area contributed by atoms with Crippen LogP contribution in [0.5, 0.6) is 5.75 Å². The van der Waals surface area contributed by atoms with Crippen molar-refractivity contribution in [3.63, 3.8) is 0 Å². The van der Waals surface area contributed by atoms with Gasteiger partial charge in [0.2, 0.25) is 5.89 Å². The second-order valence-corrected chi connectivity index (χ2v) is 8.60. The fraction of sp³-hybridized carbons (Fsp3) is 0.167. The van der Waals surface area contributed by atoms with E-state index in [1.807, 2.05) is 24.3 Å². The number of aliphatic hydroxyl groups is 1. The summed E-state index contributed by atoms with van der Waals surface area (Å²) in [5, 5.41) is 10.6. The maximum Gasteiger partial charge on any atom is 0.228 e. The van der Waals surface area contributed by atoms with Crippen molar-refractivity contribution in [2.24, 2.45) is 0 Å². The van der Waals surface area contributed by atoms with Gasteiger partial charge in [-0.2, -0.15) is 0 Å². The molecule has 2 aromatic carbocycles. The van der Waals surface area contributed by atoms with Crippen molar-refractivity contribution in [1.82, 2.24) is 9.97 Å². The predicted octanol–water partition coefficient (Wildman–Crippen LogP) is 6.07. The summed E-state index contributed by atoms with van der Waals surface area (Å²) in [5.41, 5.74) is 0.898. The zero-order valence-corrected chi connectivity index (χ0v) is 18.4. The molecule has 0 amide bonds. The lowest BCUT2D eigenvalue weighted by atomic mass is 10.0. The lowest BCUT2D eigenvalue weighted by Gasteiger charge is -2.16. The highest BCUT2D eigenvalue weighted by molar-refractivity contribution is 7.99. The van der Waals surface area contributed by atoms with E-state index in [1.165, 1.54) is 17.8 Å². The van der Waals surface area contributed by atoms with Gasteiger partial charge in [-0.1, -0.05) is 0 Å². The van der Waals surface area contributed by atoms with Crippen LogP contribution >= 0.6 is 11.8 Å². The molecule has 32 heavy (non-hydrogen) atoms. The summed E-state index contributed by atoms with van der Waals surface area (Å²) in [4.78, 5) is 9.75. The van der Waals surface area contributed by atoms with Gasteiger partial charge in [-0.3, -0.25) is 4.98 Å². The minimum atomic E-state index is -1.08. The molecule has 4 aromatic rings. The van der Waals surface area contributed by atoms with E-state index in [2.05, 4.69) is 9.97 Å². The summed E-state index contributed by atoms with van der Waals surface area (Å²) >= 11 is 1.33. The Kier molecular flexibility index (Phi) is 5.99. The molecule has 0 saturated heterocycles. The third kappa shape index (κ3) is 4.66. The molecule has 2 aromatic heterocycles. The number of pyridine rings is 1. The van der Waals surface area contributed by atoms with Gasteiger partial charge in [-0.05, 0) is 80.2 Å². The average molecular weight is 454 g/mol. The van der Waals surface area contributed by atoms with Crippen molar-refractivity contribution in [3.05, 3.63) is 78.1 Å². The highest BCUT2D eigenvalue weighted by Gasteiger charge is 2.21. The van der Waals surface area contributed by atoms with Crippen LogP contribution in [0.3, 0.4) is 0 Å². The largest absolute Gasteiger partial charge is 0.497 e. The maximum absolute atomic E-state index is 13.8. The van der Waals surface area contributed by atoms with Crippen LogP contribution in [0.2, 0.25) is 0 Å². The second-order valence-electron chi connectivity index (χ2n) is 7.55. The highest BCUT2D eigenvalue weighted by Crippen LogP contribution is 2.39. The van der Waals surface area contributed by atoms with Gasteiger partial charge in [0.15, 0.2) is 16.7 Å². The van der Waals surface area contributed by atoms with E-state index in [-0.39, 0.29) is 5.89 Å². The van der Waals surface area contributed by atoms with Crippen molar-refractivity contribution in [1.29, 1.82) is 0 Å². The summed E-state index contributed by atoms with van der Waals surface area (Å²) in [5.74, 6) is -1.05. The molecule has 0 aliphatic carbocycles. The number of halogens is 2. The van der Waals surface area contributed by atoms with Crippen LogP contribution in [-0.2, 0) is 5.60 Å². The summed E-state index contributed by atoms with van der Waals surface area (Å²) in [6.07, 6.45) is 1.60. The molecule has 164 valence electrons. The van der Waals surface area contributed by atoms with Crippen molar-refractivity contribution in [3.8, 4) is 28.5 Å². The quantitative estimate of drug-likeness (QED) is 0.381. The Hall–Kier alpha value is -3.23. The summed E-state index contributed by atoms with van der Waals surface area (Å²) in [6, 6.07) is 14.4. The summed E-state index contributed by atoms with van der Waals surface area (Å²) in [6.45, 7) is 3.30. The number of aromatic nitrogens is 2. The Morgan fingerprint density at radius 2 is 1.69 bits per heavy atom. The lowest BCUT2D eigenvalue weighted by molar-refractivity contribution is 0.0739. The molecule has 0 atom stereocenters. The molecule has 8 heteroatoms. The van der Waals surface area contributed by atoms with Crippen molar-refractivity contribution >= 4 is 11.8 Å².